The van der Waals surface area contributed by atoms with Crippen LogP contribution < -0.4 is 0 Å². The number of amidine groups is 1. The van der Waals surface area contributed by atoms with E-state index in [1.165, 1.54) is 11.9 Å². The third-order valence-corrected chi connectivity index (χ3v) is 3.86. The summed E-state index contributed by atoms with van der Waals surface area (Å²) in [5.41, 5.74) is 1.61. The Balaban J connectivity index is 2.49. The summed E-state index contributed by atoms with van der Waals surface area (Å²) >= 11 is 0. The van der Waals surface area contributed by atoms with Gasteiger partial charge in [0.2, 0.25) is 5.91 Å². The lowest BCUT2D eigenvalue weighted by molar-refractivity contribution is -0.128. The number of methoxy groups -OCH3 is 1. The molecule has 2 aliphatic rings. The van der Waals surface area contributed by atoms with E-state index in [1.807, 2.05) is 13.8 Å². The van der Waals surface area contributed by atoms with E-state index in [-0.39, 0.29) is 18.0 Å². The van der Waals surface area contributed by atoms with Gasteiger partial charge >= 0.3 is 6.03 Å². The van der Waals surface area contributed by atoms with Gasteiger partial charge in [0.25, 0.3) is 0 Å². The normalized spacial score (nSPS) is 25.1. The van der Waals surface area contributed by atoms with Crippen LogP contribution in [-0.4, -0.2) is 67.1 Å². The fourth-order valence-corrected chi connectivity index (χ4v) is 2.66. The number of amides is 3. The summed E-state index contributed by atoms with van der Waals surface area (Å²) in [6.45, 7) is 4.40. The SMILES string of the molecule is CCC1=CN=C2C(C(=O)N(C)C(=O)N2C)C1=NC(C)COC. The number of hydrogen-bond donors (Lipinski definition) is 0. The van der Waals surface area contributed by atoms with Crippen molar-refractivity contribution in [3.8, 4) is 0 Å². The molecule has 1 saturated heterocycles. The average molecular weight is 306 g/mol. The molecule has 0 aromatic carbocycles. The van der Waals surface area contributed by atoms with E-state index >= 15 is 0 Å². The van der Waals surface area contributed by atoms with Crippen molar-refractivity contribution in [2.45, 2.75) is 26.3 Å². The number of hydrogen-bond acceptors (Lipinski definition) is 5. The molecule has 2 atom stereocenters. The van der Waals surface area contributed by atoms with E-state index in [0.29, 0.717) is 18.2 Å². The second-order valence-corrected chi connectivity index (χ2v) is 5.49. The van der Waals surface area contributed by atoms with Gasteiger partial charge in [0, 0.05) is 27.4 Å². The zero-order valence-corrected chi connectivity index (χ0v) is 13.7. The lowest BCUT2D eigenvalue weighted by atomic mass is 9.89. The monoisotopic (exact) mass is 306 g/mol. The Morgan fingerprint density at radius 2 is 2.05 bits per heavy atom. The molecule has 22 heavy (non-hydrogen) atoms. The Kier molecular flexibility index (Phi) is 4.75. The summed E-state index contributed by atoms with van der Waals surface area (Å²) in [5.74, 6) is -0.468. The van der Waals surface area contributed by atoms with Crippen LogP contribution in [0.5, 0.6) is 0 Å². The van der Waals surface area contributed by atoms with E-state index in [1.54, 1.807) is 20.4 Å². The molecule has 0 spiro atoms. The fourth-order valence-electron chi connectivity index (χ4n) is 2.66. The van der Waals surface area contributed by atoms with Crippen molar-refractivity contribution in [3.63, 3.8) is 0 Å². The molecule has 2 unspecified atom stereocenters. The van der Waals surface area contributed by atoms with Gasteiger partial charge in [-0.1, -0.05) is 6.92 Å². The van der Waals surface area contributed by atoms with Crippen molar-refractivity contribution in [1.29, 1.82) is 0 Å². The number of urea groups is 1. The van der Waals surface area contributed by atoms with Crippen molar-refractivity contribution >= 4 is 23.5 Å². The quantitative estimate of drug-likeness (QED) is 0.786. The first-order valence-corrected chi connectivity index (χ1v) is 7.31. The smallest absolute Gasteiger partial charge is 0.331 e. The molecule has 3 amide bonds. The molecule has 2 heterocycles. The fraction of sp³-hybridized carbons (Fsp3) is 0.600. The second kappa shape index (κ2) is 6.39. The molecule has 7 heteroatoms. The largest absolute Gasteiger partial charge is 0.382 e. The van der Waals surface area contributed by atoms with Gasteiger partial charge in [-0.05, 0) is 18.9 Å². The number of carbonyl (C=O) groups is 2. The summed E-state index contributed by atoms with van der Waals surface area (Å²) in [7, 11) is 4.73. The number of carbonyl (C=O) groups excluding carboxylic acids is 2. The predicted molar refractivity (Wildman–Crippen MR) is 84.0 cm³/mol. The number of ether oxygens (including phenoxy) is 1. The highest BCUT2D eigenvalue weighted by atomic mass is 16.5. The van der Waals surface area contributed by atoms with E-state index in [2.05, 4.69) is 9.98 Å². The summed E-state index contributed by atoms with van der Waals surface area (Å²) in [6, 6.07) is -0.451. The Bertz CT molecular complexity index is 579. The van der Waals surface area contributed by atoms with Crippen LogP contribution in [0.2, 0.25) is 0 Å². The average Bonchev–Trinajstić information content (AvgIpc) is 2.50. The van der Waals surface area contributed by atoms with Crippen LogP contribution in [-0.2, 0) is 9.53 Å². The maximum atomic E-state index is 12.6. The maximum absolute atomic E-state index is 12.6. The third kappa shape index (κ3) is 2.68. The van der Waals surface area contributed by atoms with Crippen LogP contribution >= 0.6 is 0 Å². The van der Waals surface area contributed by atoms with Crippen molar-refractivity contribution in [2.24, 2.45) is 15.9 Å². The molecule has 2 aliphatic heterocycles. The van der Waals surface area contributed by atoms with Gasteiger partial charge in [-0.3, -0.25) is 19.6 Å². The Labute approximate surface area is 130 Å². The predicted octanol–water partition coefficient (Wildman–Crippen LogP) is 1.31. The number of imide groups is 1. The molecule has 0 aromatic heterocycles. The number of nitrogens with zero attached hydrogens (tertiary/aromatic N) is 4. The lowest BCUT2D eigenvalue weighted by Crippen LogP contribution is -2.59. The number of aliphatic imine (C=N–C) groups is 2. The van der Waals surface area contributed by atoms with Crippen molar-refractivity contribution in [3.05, 3.63) is 11.8 Å². The van der Waals surface area contributed by atoms with Crippen molar-refractivity contribution in [2.75, 3.05) is 27.8 Å². The van der Waals surface area contributed by atoms with Gasteiger partial charge in [0.15, 0.2) is 0 Å². The first-order valence-electron chi connectivity index (χ1n) is 7.31. The molecule has 1 fully saturated rings. The number of allylic oxidation sites excluding steroid dienone is 1. The minimum absolute atomic E-state index is 0.0738. The van der Waals surface area contributed by atoms with Crippen LogP contribution in [0, 0.1) is 5.92 Å². The first kappa shape index (κ1) is 16.4. The van der Waals surface area contributed by atoms with Crippen LogP contribution in [0.4, 0.5) is 4.79 Å². The van der Waals surface area contributed by atoms with E-state index in [4.69, 9.17) is 4.74 Å². The standard InChI is InChI=1S/C15H22N4O3/c1-6-10-7-16-13-11(12(10)17-9(2)8-22-5)14(20)19(4)15(21)18(13)3/h7,9,11H,6,8H2,1-5H3. The summed E-state index contributed by atoms with van der Waals surface area (Å²) in [5, 5.41) is 0. The molecule has 0 saturated carbocycles. The van der Waals surface area contributed by atoms with Crippen LogP contribution in [0.15, 0.2) is 21.8 Å². The second-order valence-electron chi connectivity index (χ2n) is 5.49. The summed E-state index contributed by atoms with van der Waals surface area (Å²) in [6.07, 6.45) is 2.42. The molecule has 0 aromatic rings. The third-order valence-electron chi connectivity index (χ3n) is 3.86. The highest BCUT2D eigenvalue weighted by Crippen LogP contribution is 2.27. The van der Waals surface area contributed by atoms with Gasteiger partial charge in [-0.25, -0.2) is 9.79 Å². The van der Waals surface area contributed by atoms with Crippen molar-refractivity contribution in [1.82, 2.24) is 9.80 Å². The molecular formula is C15H22N4O3. The number of rotatable bonds is 4. The van der Waals surface area contributed by atoms with E-state index in [0.717, 1.165) is 16.9 Å². The molecule has 0 N–H and O–H groups in total. The van der Waals surface area contributed by atoms with E-state index < -0.39 is 5.92 Å². The molecule has 0 aliphatic carbocycles. The van der Waals surface area contributed by atoms with Gasteiger partial charge in [-0.15, -0.1) is 0 Å². The summed E-state index contributed by atoms with van der Waals surface area (Å²) in [4.78, 5) is 36.1. The maximum Gasteiger partial charge on any atom is 0.331 e. The first-order chi connectivity index (χ1) is 10.4. The minimum Gasteiger partial charge on any atom is -0.382 e. The van der Waals surface area contributed by atoms with Gasteiger partial charge in [-0.2, -0.15) is 0 Å². The van der Waals surface area contributed by atoms with Crippen LogP contribution in [0.1, 0.15) is 20.3 Å². The van der Waals surface area contributed by atoms with Gasteiger partial charge < -0.3 is 4.74 Å². The Morgan fingerprint density at radius 3 is 2.64 bits per heavy atom. The van der Waals surface area contributed by atoms with Gasteiger partial charge in [0.05, 0.1) is 18.4 Å². The number of fused-ring (bicyclic) bond motifs is 1. The highest BCUT2D eigenvalue weighted by Gasteiger charge is 2.45. The van der Waals surface area contributed by atoms with Crippen LogP contribution in [0.25, 0.3) is 0 Å². The molecule has 2 rings (SSSR count). The van der Waals surface area contributed by atoms with Crippen LogP contribution in [0.3, 0.4) is 0 Å². The minimum atomic E-state index is -0.619. The molecule has 120 valence electrons. The van der Waals surface area contributed by atoms with Crippen molar-refractivity contribution < 1.29 is 14.3 Å². The summed E-state index contributed by atoms with van der Waals surface area (Å²) < 4.78 is 5.12. The molecule has 0 bridgehead atoms. The zero-order valence-electron chi connectivity index (χ0n) is 13.7. The highest BCUT2D eigenvalue weighted by molar-refractivity contribution is 6.33. The van der Waals surface area contributed by atoms with E-state index in [9.17, 15) is 9.59 Å². The molecule has 7 nitrogen and oxygen atoms in total. The Morgan fingerprint density at radius 1 is 1.36 bits per heavy atom. The zero-order chi connectivity index (χ0) is 16.4. The molecule has 0 radical (unpaired) electrons. The van der Waals surface area contributed by atoms with Gasteiger partial charge in [0.1, 0.15) is 11.8 Å². The topological polar surface area (TPSA) is 74.6 Å². The lowest BCUT2D eigenvalue weighted by Gasteiger charge is -2.38. The molecular weight excluding hydrogens is 284 g/mol. The Hall–Kier alpha value is -2.02.